The van der Waals surface area contributed by atoms with Crippen molar-refractivity contribution in [2.75, 3.05) is 4.90 Å². The molecule has 0 aliphatic carbocycles. The number of furan rings is 1. The molecule has 7 aromatic carbocycles. The van der Waals surface area contributed by atoms with E-state index in [2.05, 4.69) is 150 Å². The summed E-state index contributed by atoms with van der Waals surface area (Å²) in [7, 11) is 0. The van der Waals surface area contributed by atoms with Crippen LogP contribution >= 0.6 is 11.3 Å². The van der Waals surface area contributed by atoms with Crippen molar-refractivity contribution < 1.29 is 4.42 Å². The molecule has 0 spiro atoms. The quantitative estimate of drug-likeness (QED) is 0.210. The van der Waals surface area contributed by atoms with E-state index in [0.29, 0.717) is 0 Å². The molecule has 0 fully saturated rings. The highest BCUT2D eigenvalue weighted by atomic mass is 32.1. The number of benzene rings is 7. The van der Waals surface area contributed by atoms with E-state index in [9.17, 15) is 0 Å². The van der Waals surface area contributed by atoms with Crippen LogP contribution in [0, 0.1) is 0 Å². The zero-order chi connectivity index (χ0) is 28.3. The fourth-order valence-corrected chi connectivity index (χ4v) is 7.60. The summed E-state index contributed by atoms with van der Waals surface area (Å²) in [6.45, 7) is 0. The smallest absolute Gasteiger partial charge is 0.144 e. The Kier molecular flexibility index (Phi) is 5.40. The van der Waals surface area contributed by atoms with Gasteiger partial charge in [0.2, 0.25) is 0 Å². The van der Waals surface area contributed by atoms with Crippen LogP contribution in [0.2, 0.25) is 0 Å². The van der Waals surface area contributed by atoms with Gasteiger partial charge in [-0.3, -0.25) is 0 Å². The van der Waals surface area contributed by atoms with E-state index in [1.807, 2.05) is 17.4 Å². The van der Waals surface area contributed by atoms with Crippen molar-refractivity contribution in [3.8, 4) is 11.1 Å². The van der Waals surface area contributed by atoms with E-state index in [4.69, 9.17) is 4.42 Å². The first-order valence-corrected chi connectivity index (χ1v) is 15.3. The summed E-state index contributed by atoms with van der Waals surface area (Å²) in [4.78, 5) is 2.42. The summed E-state index contributed by atoms with van der Waals surface area (Å²) in [5.74, 6) is 0. The molecule has 0 aliphatic rings. The Bertz CT molecular complexity index is 2450. The first kappa shape index (κ1) is 24.2. The van der Waals surface area contributed by atoms with Crippen molar-refractivity contribution in [2.45, 2.75) is 0 Å². The second-order valence-electron chi connectivity index (χ2n) is 11.0. The average molecular weight is 568 g/mol. The van der Waals surface area contributed by atoms with Gasteiger partial charge < -0.3 is 9.32 Å². The molecule has 0 aliphatic heterocycles. The van der Waals surface area contributed by atoms with Gasteiger partial charge in [-0.2, -0.15) is 0 Å². The van der Waals surface area contributed by atoms with Gasteiger partial charge >= 0.3 is 0 Å². The van der Waals surface area contributed by atoms with E-state index in [-0.39, 0.29) is 0 Å². The van der Waals surface area contributed by atoms with Gasteiger partial charge in [0.15, 0.2) is 0 Å². The largest absolute Gasteiger partial charge is 0.455 e. The summed E-state index contributed by atoms with van der Waals surface area (Å²) in [6.07, 6.45) is 0. The molecule has 0 saturated heterocycles. The van der Waals surface area contributed by atoms with Gasteiger partial charge in [0.05, 0.1) is 10.4 Å². The highest BCUT2D eigenvalue weighted by Gasteiger charge is 2.23. The summed E-state index contributed by atoms with van der Waals surface area (Å²) in [6, 6.07) is 54.2. The number of thiophene rings is 1. The molecule has 9 rings (SSSR count). The molecule has 0 unspecified atom stereocenters. The van der Waals surface area contributed by atoms with Crippen molar-refractivity contribution >= 4 is 81.3 Å². The third-order valence-electron chi connectivity index (χ3n) is 8.43. The Balaban J connectivity index is 1.37. The van der Waals surface area contributed by atoms with Crippen molar-refractivity contribution in [3.63, 3.8) is 0 Å². The van der Waals surface area contributed by atoms with Crippen LogP contribution < -0.4 is 4.90 Å². The molecule has 0 saturated carbocycles. The van der Waals surface area contributed by atoms with E-state index in [1.54, 1.807) is 0 Å². The van der Waals surface area contributed by atoms with Gasteiger partial charge in [-0.25, -0.2) is 0 Å². The molecule has 9 aromatic rings. The van der Waals surface area contributed by atoms with Gasteiger partial charge in [-0.1, -0.05) is 109 Å². The lowest BCUT2D eigenvalue weighted by atomic mass is 10.0. The monoisotopic (exact) mass is 567 g/mol. The zero-order valence-corrected chi connectivity index (χ0v) is 24.0. The van der Waals surface area contributed by atoms with Crippen LogP contribution in [0.3, 0.4) is 0 Å². The van der Waals surface area contributed by atoms with Crippen LogP contribution in [0.25, 0.3) is 64.0 Å². The van der Waals surface area contributed by atoms with Crippen LogP contribution in [-0.4, -0.2) is 0 Å². The number of fused-ring (bicyclic) bond motifs is 8. The van der Waals surface area contributed by atoms with Crippen molar-refractivity contribution in [1.82, 2.24) is 0 Å². The van der Waals surface area contributed by atoms with Crippen molar-refractivity contribution in [3.05, 3.63) is 152 Å². The molecule has 3 heteroatoms. The highest BCUT2D eigenvalue weighted by molar-refractivity contribution is 7.26. The number of anilines is 3. The molecule has 0 radical (unpaired) electrons. The fraction of sp³-hybridized carbons (Fsp3) is 0. The van der Waals surface area contributed by atoms with Gasteiger partial charge in [-0.15, -0.1) is 11.3 Å². The number of para-hydroxylation sites is 1. The van der Waals surface area contributed by atoms with E-state index in [0.717, 1.165) is 39.0 Å². The second-order valence-corrected chi connectivity index (χ2v) is 12.0. The van der Waals surface area contributed by atoms with E-state index >= 15 is 0 Å². The van der Waals surface area contributed by atoms with Gasteiger partial charge in [0.1, 0.15) is 11.2 Å². The summed E-state index contributed by atoms with van der Waals surface area (Å²) >= 11 is 1.83. The predicted molar refractivity (Wildman–Crippen MR) is 184 cm³/mol. The Morgan fingerprint density at radius 2 is 1.16 bits per heavy atom. The Morgan fingerprint density at radius 1 is 0.488 bits per heavy atom. The van der Waals surface area contributed by atoms with E-state index < -0.39 is 0 Å². The maximum absolute atomic E-state index is 6.59. The zero-order valence-electron chi connectivity index (χ0n) is 23.2. The SMILES string of the molecule is c1ccc(-c2ccc(N(c3ccc4ccccc4c3)c3cc4c5ccccc5oc4c4c3sc3ccccc34)cc2)cc1. The molecule has 0 N–H and O–H groups in total. The molecule has 2 heterocycles. The van der Waals surface area contributed by atoms with Crippen LogP contribution in [0.4, 0.5) is 17.1 Å². The molecule has 202 valence electrons. The molecule has 0 bridgehead atoms. The third kappa shape index (κ3) is 3.86. The van der Waals surface area contributed by atoms with Crippen molar-refractivity contribution in [2.24, 2.45) is 0 Å². The number of rotatable bonds is 4. The van der Waals surface area contributed by atoms with Crippen molar-refractivity contribution in [1.29, 1.82) is 0 Å². The molecular formula is C40H25NOS. The second kappa shape index (κ2) is 9.59. The number of hydrogen-bond donors (Lipinski definition) is 0. The highest BCUT2D eigenvalue weighted by Crippen LogP contribution is 2.50. The van der Waals surface area contributed by atoms with Gasteiger partial charge in [0.25, 0.3) is 0 Å². The summed E-state index contributed by atoms with van der Waals surface area (Å²) in [5, 5.41) is 7.12. The Morgan fingerprint density at radius 3 is 2.02 bits per heavy atom. The minimum atomic E-state index is 0.913. The molecule has 2 nitrogen and oxygen atoms in total. The van der Waals surface area contributed by atoms with Crippen LogP contribution in [-0.2, 0) is 0 Å². The molecule has 0 atom stereocenters. The summed E-state index contributed by atoms with van der Waals surface area (Å²) in [5.41, 5.74) is 7.66. The molecule has 0 amide bonds. The predicted octanol–water partition coefficient (Wildman–Crippen LogP) is 12.2. The minimum absolute atomic E-state index is 0.913. The normalized spacial score (nSPS) is 11.7. The molecule has 43 heavy (non-hydrogen) atoms. The number of hydrogen-bond acceptors (Lipinski definition) is 3. The molecular weight excluding hydrogens is 543 g/mol. The van der Waals surface area contributed by atoms with E-state index in [1.165, 1.54) is 42.1 Å². The minimum Gasteiger partial charge on any atom is -0.455 e. The fourth-order valence-electron chi connectivity index (χ4n) is 6.39. The first-order valence-electron chi connectivity index (χ1n) is 14.5. The maximum atomic E-state index is 6.59. The van der Waals surface area contributed by atoms with Gasteiger partial charge in [0, 0.05) is 37.6 Å². The lowest BCUT2D eigenvalue weighted by Crippen LogP contribution is -2.10. The Hall–Kier alpha value is -5.38. The molecule has 2 aromatic heterocycles. The average Bonchev–Trinajstić information content (AvgIpc) is 3.64. The topological polar surface area (TPSA) is 16.4 Å². The third-order valence-corrected chi connectivity index (χ3v) is 9.63. The van der Waals surface area contributed by atoms with Crippen LogP contribution in [0.5, 0.6) is 0 Å². The first-order chi connectivity index (χ1) is 21.3. The lowest BCUT2D eigenvalue weighted by Gasteiger charge is -2.27. The summed E-state index contributed by atoms with van der Waals surface area (Å²) < 4.78 is 9.06. The maximum Gasteiger partial charge on any atom is 0.144 e. The lowest BCUT2D eigenvalue weighted by molar-refractivity contribution is 0.673. The Labute approximate surface area is 252 Å². The van der Waals surface area contributed by atoms with Crippen LogP contribution in [0.1, 0.15) is 0 Å². The van der Waals surface area contributed by atoms with Gasteiger partial charge in [-0.05, 0) is 64.4 Å². The standard InChI is InChI=1S/C40H25NOS/c1-2-10-26(11-3-1)28-18-21-30(22-19-28)41(31-23-20-27-12-4-5-13-29(27)24-31)35-25-34-32-14-6-8-16-36(32)42-39(34)38-33-15-7-9-17-37(33)43-40(35)38/h1-25H. The van der Waals surface area contributed by atoms with Crippen LogP contribution in [0.15, 0.2) is 156 Å². The number of nitrogens with zero attached hydrogens (tertiary/aromatic N) is 1.